The Bertz CT molecular complexity index is 1250. The predicted molar refractivity (Wildman–Crippen MR) is 117 cm³/mol. The molecule has 0 spiro atoms. The van der Waals surface area contributed by atoms with E-state index in [9.17, 15) is 17.3 Å². The van der Waals surface area contributed by atoms with Crippen LogP contribution in [0.25, 0.3) is 22.3 Å². The Morgan fingerprint density at radius 2 is 1.45 bits per heavy atom. The smallest absolute Gasteiger partial charge is 0.456 e. The Labute approximate surface area is 181 Å². The largest absolute Gasteiger partial charge is 0.673 e. The zero-order valence-electron chi connectivity index (χ0n) is 16.8. The van der Waals surface area contributed by atoms with E-state index in [1.54, 1.807) is 0 Å². The molecule has 1 aromatic heterocycles. The molecule has 3 aromatic carbocycles. The average Bonchev–Trinajstić information content (AvgIpc) is 2.68. The van der Waals surface area contributed by atoms with Crippen LogP contribution in [-0.4, -0.2) is 7.25 Å². The highest BCUT2D eigenvalue weighted by atomic mass is 35.5. The number of benzene rings is 3. The molecule has 2 nitrogen and oxygen atoms in total. The van der Waals surface area contributed by atoms with Gasteiger partial charge in [-0.05, 0) is 43.2 Å². The molecule has 160 valence electrons. The molecular formula is C23H19BClF4NO. The molecule has 0 aliphatic carbocycles. The van der Waals surface area contributed by atoms with Crippen molar-refractivity contribution >= 4 is 35.5 Å². The third-order valence-corrected chi connectivity index (χ3v) is 4.64. The van der Waals surface area contributed by atoms with Crippen molar-refractivity contribution in [3.8, 4) is 11.3 Å². The van der Waals surface area contributed by atoms with Crippen molar-refractivity contribution in [1.29, 1.82) is 0 Å². The third kappa shape index (κ3) is 6.46. The van der Waals surface area contributed by atoms with Crippen LogP contribution in [0.15, 0.2) is 77.2 Å². The molecule has 4 rings (SSSR count). The first kappa shape index (κ1) is 22.6. The van der Waals surface area contributed by atoms with Crippen molar-refractivity contribution in [1.82, 2.24) is 0 Å². The van der Waals surface area contributed by atoms with Crippen LogP contribution in [0.4, 0.5) is 23.0 Å². The van der Waals surface area contributed by atoms with Gasteiger partial charge >= 0.3 is 7.25 Å². The zero-order chi connectivity index (χ0) is 22.6. The van der Waals surface area contributed by atoms with Crippen molar-refractivity contribution in [2.45, 2.75) is 13.8 Å². The summed E-state index contributed by atoms with van der Waals surface area (Å²) < 4.78 is 45.2. The number of fused-ring (bicyclic) bond motifs is 1. The fourth-order valence-corrected chi connectivity index (χ4v) is 3.36. The number of hydrogen-bond donors (Lipinski definition) is 1. The van der Waals surface area contributed by atoms with Crippen LogP contribution >= 0.6 is 11.6 Å². The summed E-state index contributed by atoms with van der Waals surface area (Å²) in [7, 11) is -6.00. The molecule has 0 aliphatic heterocycles. The summed E-state index contributed by atoms with van der Waals surface area (Å²) in [6.07, 6.45) is 0. The fourth-order valence-electron chi connectivity index (χ4n) is 3.24. The van der Waals surface area contributed by atoms with Crippen molar-refractivity contribution in [3.05, 3.63) is 94.3 Å². The molecule has 0 aliphatic rings. The molecule has 0 unspecified atom stereocenters. The summed E-state index contributed by atoms with van der Waals surface area (Å²) >= 11 is 6.01. The second kappa shape index (κ2) is 9.39. The number of rotatable bonds is 2. The van der Waals surface area contributed by atoms with Gasteiger partial charge in [0, 0.05) is 22.7 Å². The Balaban J connectivity index is 0.000000491. The molecule has 0 amide bonds. The van der Waals surface area contributed by atoms with Crippen LogP contribution in [0, 0.1) is 13.8 Å². The second-order valence-corrected chi connectivity index (χ2v) is 7.41. The first-order chi connectivity index (χ1) is 14.6. The summed E-state index contributed by atoms with van der Waals surface area (Å²) in [6.45, 7) is 4.20. The van der Waals surface area contributed by atoms with Crippen molar-refractivity contribution in [2.24, 2.45) is 0 Å². The third-order valence-electron chi connectivity index (χ3n) is 4.39. The zero-order valence-corrected chi connectivity index (χ0v) is 17.6. The highest BCUT2D eigenvalue weighted by molar-refractivity contribution is 6.50. The van der Waals surface area contributed by atoms with E-state index in [2.05, 4.69) is 49.2 Å². The van der Waals surface area contributed by atoms with Gasteiger partial charge in [-0.25, -0.2) is 4.99 Å². The first-order valence-corrected chi connectivity index (χ1v) is 9.81. The van der Waals surface area contributed by atoms with Gasteiger partial charge < -0.3 is 21.7 Å². The van der Waals surface area contributed by atoms with E-state index in [1.807, 2.05) is 42.5 Å². The molecule has 8 heteroatoms. The monoisotopic (exact) mass is 447 g/mol. The molecule has 0 saturated carbocycles. The number of nitrogens with one attached hydrogen (secondary N) is 1. The second-order valence-electron chi connectivity index (χ2n) is 6.97. The van der Waals surface area contributed by atoms with E-state index in [-0.39, 0.29) is 0 Å². The Morgan fingerprint density at radius 3 is 2.06 bits per heavy atom. The highest BCUT2D eigenvalue weighted by Gasteiger charge is 2.20. The van der Waals surface area contributed by atoms with Crippen molar-refractivity contribution in [3.63, 3.8) is 0 Å². The SMILES string of the molecule is Cc1cc(C)c2c(=[NH+]c3ccc(Cl)cc3)cc(-c3ccccc3)oc2c1.F[B-](F)(F)F. The molecule has 1 heterocycles. The van der Waals surface area contributed by atoms with Gasteiger partial charge in [-0.15, -0.1) is 0 Å². The maximum atomic E-state index is 9.75. The van der Waals surface area contributed by atoms with Crippen LogP contribution in [0.1, 0.15) is 11.1 Å². The van der Waals surface area contributed by atoms with Gasteiger partial charge in [0.15, 0.2) is 0 Å². The summed E-state index contributed by atoms with van der Waals surface area (Å²) in [5, 5.41) is 2.83. The Hall–Kier alpha value is -3.06. The van der Waals surface area contributed by atoms with Crippen LogP contribution in [0.2, 0.25) is 5.02 Å². The minimum absolute atomic E-state index is 0.722. The van der Waals surface area contributed by atoms with E-state index < -0.39 is 7.25 Å². The van der Waals surface area contributed by atoms with E-state index >= 15 is 0 Å². The molecular weight excluding hydrogens is 429 g/mol. The van der Waals surface area contributed by atoms with E-state index in [0.29, 0.717) is 0 Å². The van der Waals surface area contributed by atoms with Gasteiger partial charge in [-0.2, -0.15) is 0 Å². The molecule has 0 bridgehead atoms. The van der Waals surface area contributed by atoms with E-state index in [4.69, 9.17) is 16.0 Å². The average molecular weight is 448 g/mol. The lowest BCUT2D eigenvalue weighted by Crippen LogP contribution is -2.70. The topological polar surface area (TPSA) is 27.1 Å². The summed E-state index contributed by atoms with van der Waals surface area (Å²) in [6, 6.07) is 24.2. The fraction of sp³-hybridized carbons (Fsp3) is 0.0870. The van der Waals surface area contributed by atoms with Gasteiger partial charge in [0.05, 0.1) is 11.5 Å². The Morgan fingerprint density at radius 1 is 0.839 bits per heavy atom. The van der Waals surface area contributed by atoms with Crippen LogP contribution < -0.4 is 10.3 Å². The minimum Gasteiger partial charge on any atom is -0.456 e. The number of hydrogen-bond acceptors (Lipinski definition) is 1. The molecule has 1 N–H and O–H groups in total. The maximum absolute atomic E-state index is 9.75. The molecule has 0 saturated heterocycles. The quantitative estimate of drug-likeness (QED) is 0.297. The van der Waals surface area contributed by atoms with Crippen LogP contribution in [0.3, 0.4) is 0 Å². The number of halogens is 5. The van der Waals surface area contributed by atoms with Gasteiger partial charge in [0.1, 0.15) is 11.3 Å². The lowest BCUT2D eigenvalue weighted by molar-refractivity contribution is -0.400. The molecule has 31 heavy (non-hydrogen) atoms. The van der Waals surface area contributed by atoms with Gasteiger partial charge in [-0.3, -0.25) is 0 Å². The maximum Gasteiger partial charge on any atom is 0.673 e. The molecule has 4 aromatic rings. The normalized spacial score (nSPS) is 11.9. The minimum atomic E-state index is -6.00. The Kier molecular flexibility index (Phi) is 6.86. The lowest BCUT2D eigenvalue weighted by Gasteiger charge is -2.06. The summed E-state index contributed by atoms with van der Waals surface area (Å²) in [4.78, 5) is 3.53. The summed E-state index contributed by atoms with van der Waals surface area (Å²) in [5.74, 6) is 0.833. The molecule has 0 atom stereocenters. The van der Waals surface area contributed by atoms with Crippen LogP contribution in [0.5, 0.6) is 0 Å². The van der Waals surface area contributed by atoms with E-state index in [0.717, 1.165) is 38.4 Å². The standard InChI is InChI=1S/C23H18ClNO.BF4/c1-15-12-16(2)23-20(25-19-10-8-18(24)9-11-19)14-21(26-22(23)13-15)17-6-4-3-5-7-17;2-1(3,4)5/h3-14H,1-2H3;/q;-1/p+1. The number of aryl methyl sites for hydroxylation is 2. The molecule has 0 fully saturated rings. The lowest BCUT2D eigenvalue weighted by atomic mass is 10.0. The van der Waals surface area contributed by atoms with Crippen LogP contribution in [-0.2, 0) is 0 Å². The highest BCUT2D eigenvalue weighted by Crippen LogP contribution is 2.24. The van der Waals surface area contributed by atoms with Gasteiger partial charge in [0.25, 0.3) is 0 Å². The van der Waals surface area contributed by atoms with Crippen molar-refractivity contribution < 1.29 is 26.7 Å². The summed E-state index contributed by atoms with van der Waals surface area (Å²) in [5.41, 5.74) is 5.27. The van der Waals surface area contributed by atoms with Gasteiger partial charge in [-0.1, -0.05) is 48.0 Å². The molecule has 0 radical (unpaired) electrons. The van der Waals surface area contributed by atoms with E-state index in [1.165, 1.54) is 11.1 Å². The van der Waals surface area contributed by atoms with Gasteiger partial charge in [0.2, 0.25) is 11.0 Å². The first-order valence-electron chi connectivity index (χ1n) is 9.43. The predicted octanol–water partition coefficient (Wildman–Crippen LogP) is 5.98. The van der Waals surface area contributed by atoms with Crippen molar-refractivity contribution in [2.75, 3.05) is 0 Å².